The summed E-state index contributed by atoms with van der Waals surface area (Å²) in [6.45, 7) is 4.58. The van der Waals surface area contributed by atoms with Gasteiger partial charge in [-0.05, 0) is 13.8 Å². The Bertz CT molecular complexity index is 280. The zero-order chi connectivity index (χ0) is 9.14. The molecule has 4 heteroatoms. The van der Waals surface area contributed by atoms with Crippen LogP contribution in [0.4, 0.5) is 0 Å². The first kappa shape index (κ1) is 9.19. The molecule has 0 unspecified atom stereocenters. The zero-order valence-corrected chi connectivity index (χ0v) is 8.40. The summed E-state index contributed by atoms with van der Waals surface area (Å²) < 4.78 is 0. The van der Waals surface area contributed by atoms with Crippen LogP contribution in [0.1, 0.15) is 17.5 Å². The average Bonchev–Trinajstić information content (AvgIpc) is 2.36. The molecule has 0 aromatic carbocycles. The van der Waals surface area contributed by atoms with Crippen LogP contribution in [0.3, 0.4) is 0 Å². The van der Waals surface area contributed by atoms with Crippen molar-refractivity contribution in [1.29, 1.82) is 5.41 Å². The van der Waals surface area contributed by atoms with Crippen molar-refractivity contribution in [3.05, 3.63) is 16.1 Å². The van der Waals surface area contributed by atoms with Crippen molar-refractivity contribution in [3.8, 4) is 0 Å². The summed E-state index contributed by atoms with van der Waals surface area (Å²) in [6, 6.07) is 0. The first-order chi connectivity index (χ1) is 5.61. The molecule has 12 heavy (non-hydrogen) atoms. The zero-order valence-electron chi connectivity index (χ0n) is 7.59. The van der Waals surface area contributed by atoms with Crippen molar-refractivity contribution >= 4 is 17.2 Å². The van der Waals surface area contributed by atoms with E-state index in [1.165, 1.54) is 4.88 Å². The SMILES string of the molecule is CC(=N)N(C)Cc1scnc1C. The quantitative estimate of drug-likeness (QED) is 0.561. The van der Waals surface area contributed by atoms with Crippen LogP contribution in [0.25, 0.3) is 0 Å². The maximum Gasteiger partial charge on any atom is 0.0926 e. The van der Waals surface area contributed by atoms with Crippen LogP contribution in [-0.2, 0) is 6.54 Å². The third-order valence-electron chi connectivity index (χ3n) is 1.80. The smallest absolute Gasteiger partial charge is 0.0926 e. The summed E-state index contributed by atoms with van der Waals surface area (Å²) >= 11 is 1.65. The fourth-order valence-electron chi connectivity index (χ4n) is 0.812. The molecular weight excluding hydrogens is 170 g/mol. The van der Waals surface area contributed by atoms with Crippen LogP contribution in [-0.4, -0.2) is 22.8 Å². The Morgan fingerprint density at radius 2 is 2.42 bits per heavy atom. The molecule has 1 heterocycles. The Labute approximate surface area is 76.6 Å². The number of hydrogen-bond donors (Lipinski definition) is 1. The molecule has 3 nitrogen and oxygen atoms in total. The van der Waals surface area contributed by atoms with E-state index in [2.05, 4.69) is 4.98 Å². The Morgan fingerprint density at radius 3 is 2.83 bits per heavy atom. The van der Waals surface area contributed by atoms with Gasteiger partial charge in [0.1, 0.15) is 0 Å². The number of rotatable bonds is 2. The maximum atomic E-state index is 7.38. The summed E-state index contributed by atoms with van der Waals surface area (Å²) in [5.41, 5.74) is 2.92. The molecule has 0 radical (unpaired) electrons. The van der Waals surface area contributed by atoms with Gasteiger partial charge in [-0.2, -0.15) is 0 Å². The highest BCUT2D eigenvalue weighted by Gasteiger charge is 2.04. The first-order valence-electron chi connectivity index (χ1n) is 3.76. The minimum atomic E-state index is 0.586. The molecule has 0 fully saturated rings. The molecule has 0 aliphatic rings. The second-order valence-corrected chi connectivity index (χ2v) is 3.74. The van der Waals surface area contributed by atoms with Gasteiger partial charge in [-0.25, -0.2) is 4.98 Å². The van der Waals surface area contributed by atoms with Crippen molar-refractivity contribution < 1.29 is 0 Å². The fraction of sp³-hybridized carbons (Fsp3) is 0.500. The molecule has 0 aliphatic heterocycles. The van der Waals surface area contributed by atoms with Crippen LogP contribution in [0.15, 0.2) is 5.51 Å². The average molecular weight is 183 g/mol. The van der Waals surface area contributed by atoms with E-state index in [1.807, 2.05) is 24.4 Å². The number of aryl methyl sites for hydroxylation is 1. The molecule has 0 amide bonds. The van der Waals surface area contributed by atoms with Crippen LogP contribution in [0.5, 0.6) is 0 Å². The highest BCUT2D eigenvalue weighted by Crippen LogP contribution is 2.13. The minimum Gasteiger partial charge on any atom is -0.359 e. The van der Waals surface area contributed by atoms with Gasteiger partial charge in [-0.3, -0.25) is 5.41 Å². The van der Waals surface area contributed by atoms with Crippen LogP contribution < -0.4 is 0 Å². The second-order valence-electron chi connectivity index (χ2n) is 2.80. The predicted octanol–water partition coefficient (Wildman–Crippen LogP) is 1.88. The lowest BCUT2D eigenvalue weighted by Crippen LogP contribution is -2.22. The van der Waals surface area contributed by atoms with E-state index in [9.17, 15) is 0 Å². The highest BCUT2D eigenvalue weighted by atomic mass is 32.1. The predicted molar refractivity (Wildman–Crippen MR) is 51.7 cm³/mol. The molecule has 0 saturated heterocycles. The molecular formula is C8H13N3S. The Hall–Kier alpha value is -0.900. The van der Waals surface area contributed by atoms with Crippen LogP contribution >= 0.6 is 11.3 Å². The molecule has 66 valence electrons. The number of thiazole rings is 1. The number of amidine groups is 1. The summed E-state index contributed by atoms with van der Waals surface area (Å²) in [6.07, 6.45) is 0. The van der Waals surface area contributed by atoms with Gasteiger partial charge in [-0.15, -0.1) is 11.3 Å². The number of nitrogens with zero attached hydrogens (tertiary/aromatic N) is 2. The van der Waals surface area contributed by atoms with Gasteiger partial charge in [0.15, 0.2) is 0 Å². The molecule has 0 aliphatic carbocycles. The third-order valence-corrected chi connectivity index (χ3v) is 2.72. The van der Waals surface area contributed by atoms with Gasteiger partial charge in [0.2, 0.25) is 0 Å². The van der Waals surface area contributed by atoms with Gasteiger partial charge in [0.05, 0.1) is 23.6 Å². The van der Waals surface area contributed by atoms with Crippen LogP contribution in [0, 0.1) is 12.3 Å². The summed E-state index contributed by atoms with van der Waals surface area (Å²) in [5.74, 6) is 0.586. The molecule has 1 N–H and O–H groups in total. The van der Waals surface area contributed by atoms with Crippen molar-refractivity contribution in [1.82, 2.24) is 9.88 Å². The maximum absolute atomic E-state index is 7.38. The lowest BCUT2D eigenvalue weighted by Gasteiger charge is -2.15. The van der Waals surface area contributed by atoms with E-state index < -0.39 is 0 Å². The molecule has 0 atom stereocenters. The van der Waals surface area contributed by atoms with Gasteiger partial charge in [0, 0.05) is 11.9 Å². The van der Waals surface area contributed by atoms with Crippen molar-refractivity contribution in [2.24, 2.45) is 0 Å². The standard InChI is InChI=1S/C8H13N3S/c1-6-8(12-5-10-6)4-11(3)7(2)9/h5,9H,4H2,1-3H3. The van der Waals surface area contributed by atoms with E-state index in [0.29, 0.717) is 5.84 Å². The van der Waals surface area contributed by atoms with Gasteiger partial charge >= 0.3 is 0 Å². The third kappa shape index (κ3) is 2.04. The molecule has 1 aromatic heterocycles. The fourth-order valence-corrected chi connectivity index (χ4v) is 1.64. The Kier molecular flexibility index (Phi) is 2.81. The topological polar surface area (TPSA) is 40.0 Å². The summed E-state index contributed by atoms with van der Waals surface area (Å²) in [7, 11) is 1.92. The number of nitrogens with one attached hydrogen (secondary N) is 1. The van der Waals surface area contributed by atoms with Crippen molar-refractivity contribution in [3.63, 3.8) is 0 Å². The monoisotopic (exact) mass is 183 g/mol. The van der Waals surface area contributed by atoms with Gasteiger partial charge in [-0.1, -0.05) is 0 Å². The van der Waals surface area contributed by atoms with Gasteiger partial charge < -0.3 is 4.90 Å². The number of aromatic nitrogens is 1. The summed E-state index contributed by atoms with van der Waals surface area (Å²) in [5, 5.41) is 7.38. The molecule has 0 spiro atoms. The Balaban J connectivity index is 2.64. The van der Waals surface area contributed by atoms with E-state index in [1.54, 1.807) is 18.3 Å². The van der Waals surface area contributed by atoms with E-state index in [4.69, 9.17) is 5.41 Å². The van der Waals surface area contributed by atoms with Crippen molar-refractivity contribution in [2.45, 2.75) is 20.4 Å². The van der Waals surface area contributed by atoms with E-state index in [0.717, 1.165) is 12.2 Å². The lowest BCUT2D eigenvalue weighted by atomic mass is 10.3. The normalized spacial score (nSPS) is 9.92. The molecule has 1 aromatic rings. The lowest BCUT2D eigenvalue weighted by molar-refractivity contribution is 0.497. The van der Waals surface area contributed by atoms with E-state index >= 15 is 0 Å². The molecule has 0 bridgehead atoms. The highest BCUT2D eigenvalue weighted by molar-refractivity contribution is 7.09. The largest absolute Gasteiger partial charge is 0.359 e. The number of hydrogen-bond acceptors (Lipinski definition) is 3. The Morgan fingerprint density at radius 1 is 1.75 bits per heavy atom. The van der Waals surface area contributed by atoms with E-state index in [-0.39, 0.29) is 0 Å². The first-order valence-corrected chi connectivity index (χ1v) is 4.64. The second kappa shape index (κ2) is 3.67. The van der Waals surface area contributed by atoms with Crippen LogP contribution in [0.2, 0.25) is 0 Å². The van der Waals surface area contributed by atoms with Gasteiger partial charge in [0.25, 0.3) is 0 Å². The minimum absolute atomic E-state index is 0.586. The molecule has 0 saturated carbocycles. The summed E-state index contributed by atoms with van der Waals surface area (Å²) in [4.78, 5) is 7.29. The molecule has 1 rings (SSSR count). The van der Waals surface area contributed by atoms with Crippen molar-refractivity contribution in [2.75, 3.05) is 7.05 Å².